The van der Waals surface area contributed by atoms with E-state index in [9.17, 15) is 9.90 Å². The number of nitrogens with zero attached hydrogens (tertiary/aromatic N) is 5. The monoisotopic (exact) mass is 345 g/mol. The van der Waals surface area contributed by atoms with Gasteiger partial charge in [0.15, 0.2) is 0 Å². The molecule has 1 amide bonds. The van der Waals surface area contributed by atoms with Crippen molar-refractivity contribution in [3.05, 3.63) is 36.4 Å². The van der Waals surface area contributed by atoms with Gasteiger partial charge in [-0.15, -0.1) is 0 Å². The Morgan fingerprint density at radius 2 is 2.16 bits per heavy atom. The number of amides is 1. The number of piperidine rings is 1. The van der Waals surface area contributed by atoms with E-state index in [1.165, 1.54) is 0 Å². The zero-order chi connectivity index (χ0) is 17.8. The molecular weight excluding hydrogens is 318 g/mol. The number of hydrogen-bond acceptors (Lipinski definition) is 4. The highest BCUT2D eigenvalue weighted by Crippen LogP contribution is 2.29. The number of likely N-dealkylation sites (tertiary alicyclic amines) is 1. The molecule has 2 unspecified atom stereocenters. The van der Waals surface area contributed by atoms with Crippen LogP contribution in [-0.4, -0.2) is 48.1 Å². The number of aliphatic hydroxyl groups is 1. The Hall–Kier alpha value is -2.15. The maximum absolute atomic E-state index is 12.5. The van der Waals surface area contributed by atoms with Crippen molar-refractivity contribution in [2.24, 2.45) is 13.0 Å². The van der Waals surface area contributed by atoms with Crippen molar-refractivity contribution < 1.29 is 9.90 Å². The van der Waals surface area contributed by atoms with E-state index in [-0.39, 0.29) is 11.8 Å². The zero-order valence-electron chi connectivity index (χ0n) is 15.0. The van der Waals surface area contributed by atoms with Crippen LogP contribution in [0.4, 0.5) is 0 Å². The van der Waals surface area contributed by atoms with E-state index >= 15 is 0 Å². The number of carbonyl (C=O) groups excluding carboxylic acids is 1. The summed E-state index contributed by atoms with van der Waals surface area (Å²) in [6.07, 6.45) is 9.83. The zero-order valence-corrected chi connectivity index (χ0v) is 15.0. The Morgan fingerprint density at radius 3 is 2.84 bits per heavy atom. The lowest BCUT2D eigenvalue weighted by Gasteiger charge is -2.35. The van der Waals surface area contributed by atoms with Crippen LogP contribution in [0.25, 0.3) is 0 Å². The van der Waals surface area contributed by atoms with Crippen LogP contribution in [0.3, 0.4) is 0 Å². The van der Waals surface area contributed by atoms with E-state index in [0.29, 0.717) is 18.8 Å². The summed E-state index contributed by atoms with van der Waals surface area (Å²) in [4.78, 5) is 22.9. The second-order valence-corrected chi connectivity index (χ2v) is 6.85. The van der Waals surface area contributed by atoms with Crippen LogP contribution in [0.1, 0.15) is 43.4 Å². The molecule has 3 heterocycles. The van der Waals surface area contributed by atoms with E-state index in [1.807, 2.05) is 35.8 Å². The minimum Gasteiger partial charge on any atom is -0.385 e. The molecule has 1 aliphatic rings. The first-order valence-corrected chi connectivity index (χ1v) is 8.97. The van der Waals surface area contributed by atoms with E-state index < -0.39 is 6.10 Å². The van der Waals surface area contributed by atoms with Gasteiger partial charge >= 0.3 is 0 Å². The average molecular weight is 345 g/mol. The number of hydrogen-bond donors (Lipinski definition) is 1. The van der Waals surface area contributed by atoms with Crippen molar-refractivity contribution >= 4 is 5.91 Å². The topological polar surface area (TPSA) is 76.2 Å². The third kappa shape index (κ3) is 4.10. The highest BCUT2D eigenvalue weighted by atomic mass is 16.3. The third-order valence-electron chi connectivity index (χ3n) is 5.09. The van der Waals surface area contributed by atoms with Crippen molar-refractivity contribution in [2.75, 3.05) is 13.1 Å². The number of carbonyl (C=O) groups is 1. The smallest absolute Gasteiger partial charge is 0.222 e. The second kappa shape index (κ2) is 7.82. The number of aryl methyl sites for hydroxylation is 3. The van der Waals surface area contributed by atoms with Crippen LogP contribution in [0.15, 0.2) is 24.8 Å². The molecule has 25 heavy (non-hydrogen) atoms. The first-order chi connectivity index (χ1) is 12.1. The number of aromatic nitrogens is 4. The molecule has 1 saturated heterocycles. The molecule has 0 aliphatic carbocycles. The van der Waals surface area contributed by atoms with Crippen LogP contribution in [-0.2, 0) is 18.4 Å². The molecule has 3 rings (SSSR count). The molecule has 0 radical (unpaired) electrons. The third-order valence-corrected chi connectivity index (χ3v) is 5.09. The fraction of sp³-hybridized carbons (Fsp3) is 0.611. The number of rotatable bonds is 6. The molecule has 7 heteroatoms. The Bertz CT molecular complexity index is 708. The van der Waals surface area contributed by atoms with Gasteiger partial charge in [0, 0.05) is 63.8 Å². The van der Waals surface area contributed by atoms with Gasteiger partial charge in [-0.25, -0.2) is 9.97 Å². The molecule has 1 fully saturated rings. The van der Waals surface area contributed by atoms with Gasteiger partial charge in [0.2, 0.25) is 5.91 Å². The van der Waals surface area contributed by atoms with Crippen molar-refractivity contribution in [3.63, 3.8) is 0 Å². The molecule has 1 N–H and O–H groups in total. The summed E-state index contributed by atoms with van der Waals surface area (Å²) >= 11 is 0. The van der Waals surface area contributed by atoms with Gasteiger partial charge in [-0.3, -0.25) is 4.79 Å². The predicted molar refractivity (Wildman–Crippen MR) is 93.7 cm³/mol. The van der Waals surface area contributed by atoms with Crippen LogP contribution in [0.5, 0.6) is 0 Å². The predicted octanol–water partition coefficient (Wildman–Crippen LogP) is 1.68. The molecule has 0 aromatic carbocycles. The van der Waals surface area contributed by atoms with Gasteiger partial charge in [0.05, 0.1) is 0 Å². The summed E-state index contributed by atoms with van der Waals surface area (Å²) in [6, 6.07) is 0. The molecule has 0 spiro atoms. The van der Waals surface area contributed by atoms with E-state index in [2.05, 4.69) is 14.5 Å². The molecule has 2 aromatic heterocycles. The van der Waals surface area contributed by atoms with Crippen LogP contribution in [0.2, 0.25) is 0 Å². The highest BCUT2D eigenvalue weighted by Gasteiger charge is 2.30. The van der Waals surface area contributed by atoms with Crippen molar-refractivity contribution in [3.8, 4) is 0 Å². The van der Waals surface area contributed by atoms with Gasteiger partial charge in [-0.2, -0.15) is 0 Å². The summed E-state index contributed by atoms with van der Waals surface area (Å²) in [5.41, 5.74) is 0. The quantitative estimate of drug-likeness (QED) is 0.864. The maximum atomic E-state index is 12.5. The van der Waals surface area contributed by atoms with E-state index in [0.717, 1.165) is 38.2 Å². The summed E-state index contributed by atoms with van der Waals surface area (Å²) in [5.74, 6) is 1.88. The maximum Gasteiger partial charge on any atom is 0.222 e. The van der Waals surface area contributed by atoms with Crippen LogP contribution in [0, 0.1) is 12.8 Å². The minimum atomic E-state index is -0.621. The van der Waals surface area contributed by atoms with Crippen molar-refractivity contribution in [1.82, 2.24) is 24.0 Å². The second-order valence-electron chi connectivity index (χ2n) is 6.85. The average Bonchev–Trinajstić information content (AvgIpc) is 3.22. The molecule has 0 saturated carbocycles. The molecular formula is C18H27N5O2. The molecule has 2 aromatic rings. The number of imidazole rings is 2. The van der Waals surface area contributed by atoms with Crippen LogP contribution >= 0.6 is 0 Å². The van der Waals surface area contributed by atoms with E-state index in [1.54, 1.807) is 12.4 Å². The van der Waals surface area contributed by atoms with Crippen molar-refractivity contribution in [1.29, 1.82) is 0 Å². The standard InChI is InChI=1S/C18H27N5O2/c1-14-19-8-12-22(14)9-4-6-16(24)23-10-3-5-15(13-23)17(25)18-20-7-11-21(18)2/h7-8,11-12,15,17,25H,3-6,9-10,13H2,1-2H3. The first kappa shape index (κ1) is 17.7. The van der Waals surface area contributed by atoms with Gasteiger partial charge in [0.25, 0.3) is 0 Å². The van der Waals surface area contributed by atoms with Crippen molar-refractivity contribution in [2.45, 2.75) is 45.3 Å². The Balaban J connectivity index is 1.51. The minimum absolute atomic E-state index is 0.0506. The lowest BCUT2D eigenvalue weighted by Crippen LogP contribution is -2.42. The summed E-state index contributed by atoms with van der Waals surface area (Å²) < 4.78 is 3.91. The fourth-order valence-corrected chi connectivity index (χ4v) is 3.57. The lowest BCUT2D eigenvalue weighted by atomic mass is 9.91. The Morgan fingerprint density at radius 1 is 1.36 bits per heavy atom. The van der Waals surface area contributed by atoms with Gasteiger partial charge in [-0.1, -0.05) is 0 Å². The highest BCUT2D eigenvalue weighted by molar-refractivity contribution is 5.76. The van der Waals surface area contributed by atoms with Crippen LogP contribution < -0.4 is 0 Å². The van der Waals surface area contributed by atoms with E-state index in [4.69, 9.17) is 0 Å². The lowest BCUT2D eigenvalue weighted by molar-refractivity contribution is -0.134. The Kier molecular flexibility index (Phi) is 5.53. The first-order valence-electron chi connectivity index (χ1n) is 8.97. The summed E-state index contributed by atoms with van der Waals surface area (Å²) in [5, 5.41) is 10.6. The van der Waals surface area contributed by atoms with Gasteiger partial charge < -0.3 is 19.1 Å². The largest absolute Gasteiger partial charge is 0.385 e. The Labute approximate surface area is 148 Å². The van der Waals surface area contributed by atoms with Gasteiger partial charge in [0.1, 0.15) is 17.8 Å². The fourth-order valence-electron chi connectivity index (χ4n) is 3.57. The summed E-state index contributed by atoms with van der Waals surface area (Å²) in [7, 11) is 1.88. The molecule has 7 nitrogen and oxygen atoms in total. The summed E-state index contributed by atoms with van der Waals surface area (Å²) in [6.45, 7) is 4.17. The van der Waals surface area contributed by atoms with Gasteiger partial charge in [-0.05, 0) is 26.2 Å². The molecule has 2 atom stereocenters. The SMILES string of the molecule is Cc1nccn1CCCC(=O)N1CCCC(C(O)c2nccn2C)C1. The molecule has 0 bridgehead atoms. The normalized spacial score (nSPS) is 19.2. The number of aliphatic hydroxyl groups excluding tert-OH is 1. The molecule has 1 aliphatic heterocycles. The molecule has 136 valence electrons.